The molecule has 49 heavy (non-hydrogen) atoms. The molecule has 2 aliphatic carbocycles. The van der Waals surface area contributed by atoms with E-state index in [1.54, 1.807) is 12.1 Å². The molecule has 4 N–H and O–H groups in total. The number of thiazole rings is 1. The predicted octanol–water partition coefficient (Wildman–Crippen LogP) is 4.97. The van der Waals surface area contributed by atoms with Gasteiger partial charge in [0.1, 0.15) is 24.0 Å². The maximum atomic E-state index is 14.0. The molecule has 14 heteroatoms. The summed E-state index contributed by atoms with van der Waals surface area (Å²) in [4.78, 5) is 45.0. The van der Waals surface area contributed by atoms with Crippen molar-refractivity contribution in [3.63, 3.8) is 0 Å². The summed E-state index contributed by atoms with van der Waals surface area (Å²) in [6.07, 6.45) is 6.72. The zero-order valence-corrected chi connectivity index (χ0v) is 29.2. The van der Waals surface area contributed by atoms with Gasteiger partial charge in [-0.15, -0.1) is 0 Å². The van der Waals surface area contributed by atoms with Crippen LogP contribution in [0.4, 0.5) is 10.1 Å². The zero-order chi connectivity index (χ0) is 34.7. The van der Waals surface area contributed by atoms with Gasteiger partial charge in [0.15, 0.2) is 0 Å². The van der Waals surface area contributed by atoms with Crippen LogP contribution in [0.2, 0.25) is 0 Å². The average Bonchev–Trinajstić information content (AvgIpc) is 3.99. The molecule has 11 nitrogen and oxygen atoms in total. The fraction of sp³-hybridized carbons (Fsp3) is 0.543. The summed E-state index contributed by atoms with van der Waals surface area (Å²) in [5.41, 5.74) is 7.19. The number of para-hydroxylation sites is 1. The van der Waals surface area contributed by atoms with Gasteiger partial charge >= 0.3 is 0 Å². The molecule has 2 aromatic carbocycles. The molecule has 3 unspecified atom stereocenters. The molecule has 2 saturated carbocycles. The number of nitrogens with two attached hydrogens (primary N) is 1. The van der Waals surface area contributed by atoms with Crippen molar-refractivity contribution in [1.82, 2.24) is 14.6 Å². The number of nitrogens with one attached hydrogen (secondary N) is 2. The van der Waals surface area contributed by atoms with Crippen LogP contribution in [0.3, 0.4) is 0 Å². The molecular formula is C35H44FN5O6S2. The van der Waals surface area contributed by atoms with Gasteiger partial charge in [-0.1, -0.05) is 62.5 Å². The van der Waals surface area contributed by atoms with Gasteiger partial charge < -0.3 is 20.7 Å². The SMILES string of the molecule is CC(CCCCCCC(Nc1ccc(F)cc1)C(=O)N1CC(Oc2nc3ccccc3s2)C[C@H]1C(N)=O)[C@@H]1C[C@@H]1C(=O)NS(=O)(=O)C1CC1. The lowest BCUT2D eigenvalue weighted by Crippen LogP contribution is -2.49. The summed E-state index contributed by atoms with van der Waals surface area (Å²) in [5.74, 6) is -1.32. The highest BCUT2D eigenvalue weighted by Crippen LogP contribution is 2.46. The Morgan fingerprint density at radius 3 is 2.45 bits per heavy atom. The van der Waals surface area contributed by atoms with E-state index in [1.807, 2.05) is 24.3 Å². The smallest absolute Gasteiger partial charge is 0.274 e. The number of hydrogen-bond acceptors (Lipinski definition) is 9. The zero-order valence-electron chi connectivity index (χ0n) is 27.6. The number of aromatic nitrogens is 1. The number of rotatable bonds is 17. The van der Waals surface area contributed by atoms with Crippen LogP contribution in [0.5, 0.6) is 5.19 Å². The maximum absolute atomic E-state index is 14.0. The van der Waals surface area contributed by atoms with Crippen molar-refractivity contribution < 1.29 is 31.9 Å². The Labute approximate surface area is 290 Å². The predicted molar refractivity (Wildman–Crippen MR) is 186 cm³/mol. The Hall–Kier alpha value is -3.78. The minimum atomic E-state index is -3.52. The number of halogens is 1. The first-order valence-electron chi connectivity index (χ1n) is 17.2. The summed E-state index contributed by atoms with van der Waals surface area (Å²) in [6, 6.07) is 12.0. The number of hydrogen-bond donors (Lipinski definition) is 3. The van der Waals surface area contributed by atoms with Crippen LogP contribution in [0, 0.1) is 23.6 Å². The van der Waals surface area contributed by atoms with Crippen molar-refractivity contribution >= 4 is 55.0 Å². The van der Waals surface area contributed by atoms with E-state index < -0.39 is 39.4 Å². The van der Waals surface area contributed by atoms with Crippen molar-refractivity contribution in [2.75, 3.05) is 11.9 Å². The van der Waals surface area contributed by atoms with E-state index in [-0.39, 0.29) is 42.4 Å². The van der Waals surface area contributed by atoms with E-state index in [4.69, 9.17) is 10.5 Å². The first kappa shape index (κ1) is 35.1. The second kappa shape index (κ2) is 15.0. The summed E-state index contributed by atoms with van der Waals surface area (Å²) in [6.45, 7) is 2.31. The highest BCUT2D eigenvalue weighted by atomic mass is 32.2. The molecule has 0 bridgehead atoms. The van der Waals surface area contributed by atoms with Crippen LogP contribution in [0.1, 0.15) is 71.1 Å². The first-order chi connectivity index (χ1) is 23.5. The van der Waals surface area contributed by atoms with Gasteiger partial charge in [0.25, 0.3) is 5.19 Å². The Bertz CT molecular complexity index is 1730. The monoisotopic (exact) mass is 713 g/mol. The van der Waals surface area contributed by atoms with Crippen molar-refractivity contribution in [3.8, 4) is 5.19 Å². The second-order valence-electron chi connectivity index (χ2n) is 13.7. The number of carbonyl (C=O) groups is 3. The van der Waals surface area contributed by atoms with Gasteiger partial charge in [0.2, 0.25) is 27.7 Å². The van der Waals surface area contributed by atoms with Crippen molar-refractivity contribution in [2.45, 2.75) is 94.6 Å². The number of ether oxygens (including phenoxy) is 1. The van der Waals surface area contributed by atoms with E-state index in [0.717, 1.165) is 48.7 Å². The number of fused-ring (bicyclic) bond motifs is 1. The average molecular weight is 714 g/mol. The number of carbonyl (C=O) groups excluding carboxylic acids is 3. The van der Waals surface area contributed by atoms with Crippen LogP contribution in [-0.4, -0.2) is 66.0 Å². The molecule has 1 aliphatic heterocycles. The van der Waals surface area contributed by atoms with Gasteiger partial charge in [-0.05, 0) is 73.9 Å². The van der Waals surface area contributed by atoms with Crippen molar-refractivity contribution in [1.29, 1.82) is 0 Å². The quantitative estimate of drug-likeness (QED) is 0.165. The lowest BCUT2D eigenvalue weighted by atomic mass is 9.96. The molecule has 264 valence electrons. The largest absolute Gasteiger partial charge is 0.465 e. The number of nitrogens with zero attached hydrogens (tertiary/aromatic N) is 2. The third-order valence-electron chi connectivity index (χ3n) is 9.91. The van der Waals surface area contributed by atoms with Crippen LogP contribution in [-0.2, 0) is 24.4 Å². The number of primary amides is 1. The minimum absolute atomic E-state index is 0.189. The van der Waals surface area contributed by atoms with Crippen LogP contribution in [0.25, 0.3) is 10.2 Å². The summed E-state index contributed by atoms with van der Waals surface area (Å²) in [7, 11) is -3.52. The maximum Gasteiger partial charge on any atom is 0.274 e. The molecule has 3 aromatic rings. The molecule has 6 rings (SSSR count). The van der Waals surface area contributed by atoms with Crippen molar-refractivity contribution in [3.05, 3.63) is 54.3 Å². The number of sulfonamides is 1. The van der Waals surface area contributed by atoms with Crippen molar-refractivity contribution in [2.24, 2.45) is 23.5 Å². The first-order valence-corrected chi connectivity index (χ1v) is 19.5. The summed E-state index contributed by atoms with van der Waals surface area (Å²) < 4.78 is 47.3. The van der Waals surface area contributed by atoms with E-state index in [9.17, 15) is 27.2 Å². The van der Waals surface area contributed by atoms with Gasteiger partial charge in [-0.3, -0.25) is 19.1 Å². The van der Waals surface area contributed by atoms with Crippen LogP contribution in [0.15, 0.2) is 48.5 Å². The van der Waals surface area contributed by atoms with E-state index in [1.165, 1.54) is 28.4 Å². The number of unbranched alkanes of at least 4 members (excludes halogenated alkanes) is 3. The number of benzene rings is 2. The Kier molecular flexibility index (Phi) is 10.7. The Morgan fingerprint density at radius 2 is 1.76 bits per heavy atom. The normalized spacial score (nSPS) is 23.2. The molecule has 3 aliphatic rings. The second-order valence-corrected chi connectivity index (χ2v) is 16.7. The molecule has 1 aromatic heterocycles. The van der Waals surface area contributed by atoms with Gasteiger partial charge in [-0.2, -0.15) is 0 Å². The lowest BCUT2D eigenvalue weighted by Gasteiger charge is -2.28. The molecule has 6 atom stereocenters. The Morgan fingerprint density at radius 1 is 1.04 bits per heavy atom. The van der Waals surface area contributed by atoms with Crippen LogP contribution < -0.4 is 20.5 Å². The Balaban J connectivity index is 1.00. The molecule has 0 radical (unpaired) electrons. The third kappa shape index (κ3) is 8.88. The number of amides is 3. The third-order valence-corrected chi connectivity index (χ3v) is 12.7. The van der Waals surface area contributed by atoms with E-state index in [2.05, 4.69) is 21.9 Å². The number of likely N-dealkylation sites (tertiary alicyclic amines) is 1. The van der Waals surface area contributed by atoms with Gasteiger partial charge in [-0.25, -0.2) is 17.8 Å². The van der Waals surface area contributed by atoms with E-state index >= 15 is 0 Å². The molecule has 1 saturated heterocycles. The molecule has 3 amide bonds. The fourth-order valence-electron chi connectivity index (χ4n) is 6.85. The molecule has 0 spiro atoms. The van der Waals surface area contributed by atoms with E-state index in [0.29, 0.717) is 36.1 Å². The topological polar surface area (TPSA) is 161 Å². The highest BCUT2D eigenvalue weighted by molar-refractivity contribution is 7.90. The lowest BCUT2D eigenvalue weighted by molar-refractivity contribution is -0.138. The summed E-state index contributed by atoms with van der Waals surface area (Å²) in [5, 5.41) is 3.32. The summed E-state index contributed by atoms with van der Waals surface area (Å²) >= 11 is 1.41. The molecular weight excluding hydrogens is 670 g/mol. The minimum Gasteiger partial charge on any atom is -0.465 e. The molecule has 2 heterocycles. The standard InChI is InChI=1S/C35H44FN5O6S2/c1-21(26-19-27(26)33(43)40-49(45,46)25-16-17-25)8-4-2-3-5-10-29(38-23-14-12-22(36)13-15-23)34(44)41-20-24(18-30(41)32(37)42)47-35-39-28-9-6-7-11-31(28)48-35/h6-7,9,11-15,21,24-27,29-30,38H,2-5,8,10,16-20H2,1H3,(H2,37,42)(H,40,43)/t21?,24?,26-,27-,29?,30-/m0/s1. The van der Waals surface area contributed by atoms with Crippen LogP contribution >= 0.6 is 11.3 Å². The number of anilines is 1. The van der Waals surface area contributed by atoms with Gasteiger partial charge in [0, 0.05) is 18.0 Å². The highest BCUT2D eigenvalue weighted by Gasteiger charge is 2.48. The molecule has 3 fully saturated rings. The fourth-order valence-corrected chi connectivity index (χ4v) is 9.09. The van der Waals surface area contributed by atoms with Gasteiger partial charge in [0.05, 0.1) is 22.0 Å².